The van der Waals surface area contributed by atoms with Crippen LogP contribution >= 0.6 is 0 Å². The van der Waals surface area contributed by atoms with Gasteiger partial charge in [0.1, 0.15) is 41.4 Å². The second-order valence-corrected chi connectivity index (χ2v) is 17.1. The van der Waals surface area contributed by atoms with E-state index in [4.69, 9.17) is 16.1 Å². The molecule has 3 saturated carbocycles. The van der Waals surface area contributed by atoms with E-state index in [1.165, 1.54) is 36.5 Å². The highest BCUT2D eigenvalue weighted by Crippen LogP contribution is 2.63. The molecule has 11 nitrogen and oxygen atoms in total. The molecule has 4 atom stereocenters. The predicted octanol–water partition coefficient (Wildman–Crippen LogP) is 5.56. The Morgan fingerprint density at radius 3 is 2.65 bits per heavy atom. The van der Waals surface area contributed by atoms with Crippen molar-refractivity contribution < 1.29 is 32.6 Å². The number of aromatic nitrogens is 3. The molecular weight excluding hydrogens is 736 g/mol. The molecule has 2 aromatic carbocycles. The predicted molar refractivity (Wildman–Crippen MR) is 206 cm³/mol. The number of nitrogens with one attached hydrogen (secondary N) is 1. The fourth-order valence-electron chi connectivity index (χ4n) is 11.4. The number of carbonyl (C=O) groups is 2. The van der Waals surface area contributed by atoms with Gasteiger partial charge in [0, 0.05) is 60.8 Å². The summed E-state index contributed by atoms with van der Waals surface area (Å²) < 4.78 is 53.2. The number of fused-ring (bicyclic) bond motifs is 6. The van der Waals surface area contributed by atoms with Gasteiger partial charge in [-0.1, -0.05) is 18.6 Å². The molecule has 4 aliphatic heterocycles. The van der Waals surface area contributed by atoms with Gasteiger partial charge in [-0.15, -0.1) is 6.42 Å². The molecule has 2 aromatic heterocycles. The number of aromatic hydroxyl groups is 1. The first-order valence-corrected chi connectivity index (χ1v) is 19.8. The van der Waals surface area contributed by atoms with Crippen LogP contribution in [0.1, 0.15) is 63.4 Å². The lowest BCUT2D eigenvalue weighted by Gasteiger charge is -2.51. The standard InChI is InChI=1S/C43H42F3N7O4/c1-3-29-32(45)9-6-24-14-28(54)15-30(34(24)29)36-35(46)37-31(17-47-36)38(49-40(48-37)57-23-43-10-5-13-52(43)18-25(44)16-43)51-19-26-7-8-27(20-51)53(26)39(56)41-11-12-42(21-41,22-41)50-33(55)4-2/h1,4,6,9,14-15,17,25-27,54H,2,5,7-8,10-13,16,18-23H2,(H,50,55)/t25-,26?,27?,41?,42?,43+/m1/s1. The van der Waals surface area contributed by atoms with Crippen molar-refractivity contribution in [3.05, 3.63) is 60.3 Å². The van der Waals surface area contributed by atoms with Crippen LogP contribution < -0.4 is 15.0 Å². The molecule has 294 valence electrons. The highest BCUT2D eigenvalue weighted by molar-refractivity contribution is 6.03. The zero-order valence-electron chi connectivity index (χ0n) is 31.4. The Hall–Kier alpha value is -5.42. The van der Waals surface area contributed by atoms with E-state index in [2.05, 4.69) is 37.6 Å². The number of phenols is 1. The van der Waals surface area contributed by atoms with Gasteiger partial charge < -0.3 is 25.0 Å². The molecule has 7 aliphatic rings. The number of phenolic OH excluding ortho intramolecular Hbond substituents is 1. The molecule has 7 fully saturated rings. The van der Waals surface area contributed by atoms with Crippen LogP contribution in [0.5, 0.6) is 11.8 Å². The monoisotopic (exact) mass is 777 g/mol. The molecule has 4 aromatic rings. The number of rotatable bonds is 8. The minimum atomic E-state index is -0.969. The van der Waals surface area contributed by atoms with Crippen LogP contribution in [0.2, 0.25) is 0 Å². The number of hydrogen-bond donors (Lipinski definition) is 2. The molecular formula is C43H42F3N7O4. The summed E-state index contributed by atoms with van der Waals surface area (Å²) in [5, 5.41) is 14.7. The topological polar surface area (TPSA) is 124 Å². The van der Waals surface area contributed by atoms with Gasteiger partial charge in [0.05, 0.1) is 21.9 Å². The number of nitrogens with zero attached hydrogens (tertiary/aromatic N) is 6. The fraction of sp³-hybridized carbons (Fsp3) is 0.465. The van der Waals surface area contributed by atoms with Crippen LogP contribution in [0.4, 0.5) is 19.0 Å². The van der Waals surface area contributed by atoms with Crippen LogP contribution in [0, 0.1) is 29.4 Å². The molecule has 11 rings (SSSR count). The maximum atomic E-state index is 17.2. The first-order valence-electron chi connectivity index (χ1n) is 19.8. The molecule has 57 heavy (non-hydrogen) atoms. The second kappa shape index (κ2) is 12.8. The van der Waals surface area contributed by atoms with Crippen molar-refractivity contribution in [2.75, 3.05) is 37.7 Å². The Labute approximate surface area is 327 Å². The number of halogens is 3. The quantitative estimate of drug-likeness (QED) is 0.175. The van der Waals surface area contributed by atoms with Crippen LogP contribution in [0.25, 0.3) is 32.9 Å². The average Bonchev–Trinajstić information content (AvgIpc) is 3.98. The maximum absolute atomic E-state index is 17.2. The maximum Gasteiger partial charge on any atom is 0.319 e. The summed E-state index contributed by atoms with van der Waals surface area (Å²) >= 11 is 0. The van der Waals surface area contributed by atoms with Gasteiger partial charge in [0.25, 0.3) is 0 Å². The van der Waals surface area contributed by atoms with Gasteiger partial charge in [0.2, 0.25) is 11.8 Å². The average molecular weight is 778 g/mol. The normalized spacial score (nSPS) is 30.0. The van der Waals surface area contributed by atoms with Crippen molar-refractivity contribution in [2.24, 2.45) is 5.41 Å². The number of carbonyl (C=O) groups excluding carboxylic acids is 2. The van der Waals surface area contributed by atoms with Crippen molar-refractivity contribution in [1.29, 1.82) is 0 Å². The van der Waals surface area contributed by atoms with Crippen molar-refractivity contribution in [1.82, 2.24) is 30.1 Å². The van der Waals surface area contributed by atoms with Crippen LogP contribution in [-0.4, -0.2) is 104 Å². The molecule has 2 amide bonds. The van der Waals surface area contributed by atoms with Crippen LogP contribution in [-0.2, 0) is 9.59 Å². The number of benzene rings is 2. The smallest absolute Gasteiger partial charge is 0.319 e. The molecule has 4 saturated heterocycles. The van der Waals surface area contributed by atoms with Crippen molar-refractivity contribution in [3.8, 4) is 35.4 Å². The number of amides is 2. The highest BCUT2D eigenvalue weighted by atomic mass is 19.1. The van der Waals surface area contributed by atoms with E-state index in [1.807, 2.05) is 4.90 Å². The summed E-state index contributed by atoms with van der Waals surface area (Å²) in [6, 6.07) is 5.09. The number of anilines is 1. The minimum absolute atomic E-state index is 0.0729. The van der Waals surface area contributed by atoms with E-state index in [0.29, 0.717) is 55.5 Å². The largest absolute Gasteiger partial charge is 0.508 e. The van der Waals surface area contributed by atoms with Crippen molar-refractivity contribution in [2.45, 2.75) is 87.1 Å². The summed E-state index contributed by atoms with van der Waals surface area (Å²) in [6.07, 6.45) is 13.8. The van der Waals surface area contributed by atoms with E-state index < -0.39 is 28.8 Å². The molecule has 4 bridgehead atoms. The van der Waals surface area contributed by atoms with Gasteiger partial charge in [-0.05, 0) is 87.6 Å². The number of pyridine rings is 1. The fourth-order valence-corrected chi connectivity index (χ4v) is 11.4. The van der Waals surface area contributed by atoms with Crippen molar-refractivity contribution >= 4 is 39.3 Å². The van der Waals surface area contributed by atoms with Gasteiger partial charge in [0.15, 0.2) is 5.82 Å². The summed E-state index contributed by atoms with van der Waals surface area (Å²) in [5.74, 6) is 0.999. The van der Waals surface area contributed by atoms with E-state index in [1.54, 1.807) is 0 Å². The van der Waals surface area contributed by atoms with Gasteiger partial charge in [-0.25, -0.2) is 13.2 Å². The van der Waals surface area contributed by atoms with E-state index in [0.717, 1.165) is 45.1 Å². The SMILES string of the molecule is C#Cc1c(F)ccc2cc(O)cc(-c3ncc4c(N5CC6CCC(C5)N6C(=O)C56CCC(NC(=O)C=C)(C5)C6)nc(OC[C@@]56CCCN5C[C@H](F)C6)nc4c3F)c12. The first kappa shape index (κ1) is 36.0. The van der Waals surface area contributed by atoms with Crippen LogP contribution in [0.15, 0.2) is 43.1 Å². The molecule has 3 aliphatic carbocycles. The molecule has 2 unspecified atom stereocenters. The molecule has 0 radical (unpaired) electrons. The number of terminal acetylenes is 1. The molecule has 6 heterocycles. The van der Waals surface area contributed by atoms with E-state index in [-0.39, 0.29) is 75.5 Å². The Kier molecular flexibility index (Phi) is 8.07. The lowest BCUT2D eigenvalue weighted by Crippen LogP contribution is -2.64. The third kappa shape index (κ3) is 5.48. The number of hydrogen-bond acceptors (Lipinski definition) is 9. The molecule has 14 heteroatoms. The van der Waals surface area contributed by atoms with Gasteiger partial charge in [-0.3, -0.25) is 19.5 Å². The summed E-state index contributed by atoms with van der Waals surface area (Å²) in [6.45, 7) is 5.69. The Morgan fingerprint density at radius 2 is 1.89 bits per heavy atom. The summed E-state index contributed by atoms with van der Waals surface area (Å²) in [5.41, 5.74) is -1.62. The summed E-state index contributed by atoms with van der Waals surface area (Å²) in [4.78, 5) is 46.7. The van der Waals surface area contributed by atoms with Crippen molar-refractivity contribution in [3.63, 3.8) is 0 Å². The van der Waals surface area contributed by atoms with E-state index >= 15 is 8.78 Å². The van der Waals surface area contributed by atoms with E-state index in [9.17, 15) is 19.1 Å². The Morgan fingerprint density at radius 1 is 1.11 bits per heavy atom. The minimum Gasteiger partial charge on any atom is -0.508 e. The Balaban J connectivity index is 1.02. The molecule has 0 spiro atoms. The highest BCUT2D eigenvalue weighted by Gasteiger charge is 2.67. The van der Waals surface area contributed by atoms with Gasteiger partial charge in [-0.2, -0.15) is 9.97 Å². The van der Waals surface area contributed by atoms with Crippen LogP contribution in [0.3, 0.4) is 0 Å². The summed E-state index contributed by atoms with van der Waals surface area (Å²) in [7, 11) is 0. The third-order valence-electron chi connectivity index (χ3n) is 13.8. The third-order valence-corrected chi connectivity index (χ3v) is 13.8. The number of piperazine rings is 1. The number of alkyl halides is 1. The second-order valence-electron chi connectivity index (χ2n) is 17.1. The first-order chi connectivity index (χ1) is 27.4. The Bertz CT molecular complexity index is 2440. The zero-order valence-corrected chi connectivity index (χ0v) is 31.4. The lowest BCUT2D eigenvalue weighted by atomic mass is 9.64. The lowest BCUT2D eigenvalue weighted by molar-refractivity contribution is -0.152. The van der Waals surface area contributed by atoms with Gasteiger partial charge >= 0.3 is 6.01 Å². The molecule has 2 N–H and O–H groups in total. The zero-order chi connectivity index (χ0) is 39.4. The number of ether oxygens (including phenoxy) is 1.